The lowest BCUT2D eigenvalue weighted by atomic mass is 10.2. The van der Waals surface area contributed by atoms with Gasteiger partial charge in [0.1, 0.15) is 23.2 Å². The van der Waals surface area contributed by atoms with Crippen LogP contribution < -0.4 is 19.5 Å². The van der Waals surface area contributed by atoms with E-state index in [9.17, 15) is 4.79 Å². The first-order valence-corrected chi connectivity index (χ1v) is 9.09. The fourth-order valence-corrected chi connectivity index (χ4v) is 2.98. The van der Waals surface area contributed by atoms with Gasteiger partial charge in [-0.2, -0.15) is 0 Å². The van der Waals surface area contributed by atoms with E-state index in [0.717, 1.165) is 5.56 Å². The molecular formula is C20H14Cl2N2O4. The molecule has 0 radical (unpaired) electrons. The van der Waals surface area contributed by atoms with Crippen LogP contribution in [0.2, 0.25) is 10.2 Å². The standard InChI is InChI=1S/C20H14Cl2N2O4/c21-15-5-7-18(22)24-19(15)20(25)23-13-3-1-2-12(8-13)10-26-14-4-6-16-17(9-14)28-11-27-16/h1-9H,10-11H2,(H,23,25). The molecule has 0 fully saturated rings. The molecule has 0 saturated heterocycles. The lowest BCUT2D eigenvalue weighted by Gasteiger charge is -2.10. The average Bonchev–Trinajstić information content (AvgIpc) is 3.16. The molecule has 28 heavy (non-hydrogen) atoms. The van der Waals surface area contributed by atoms with Gasteiger partial charge in [-0.25, -0.2) is 4.98 Å². The highest BCUT2D eigenvalue weighted by Crippen LogP contribution is 2.35. The Labute approximate surface area is 171 Å². The third-order valence-electron chi connectivity index (χ3n) is 3.96. The molecule has 0 spiro atoms. The van der Waals surface area contributed by atoms with E-state index in [2.05, 4.69) is 10.3 Å². The molecular weight excluding hydrogens is 403 g/mol. The zero-order chi connectivity index (χ0) is 19.5. The molecule has 2 aromatic carbocycles. The Kier molecular flexibility index (Phi) is 5.23. The molecule has 6 nitrogen and oxygen atoms in total. The minimum absolute atomic E-state index is 0.0659. The van der Waals surface area contributed by atoms with Crippen LogP contribution in [0.1, 0.15) is 16.1 Å². The van der Waals surface area contributed by atoms with Gasteiger partial charge in [0.15, 0.2) is 11.5 Å². The van der Waals surface area contributed by atoms with Crippen molar-refractivity contribution < 1.29 is 19.0 Å². The van der Waals surface area contributed by atoms with Gasteiger partial charge in [-0.15, -0.1) is 0 Å². The number of rotatable bonds is 5. The summed E-state index contributed by atoms with van der Waals surface area (Å²) in [5.41, 5.74) is 1.53. The fraction of sp³-hybridized carbons (Fsp3) is 0.100. The number of hydrogen-bond donors (Lipinski definition) is 1. The number of halogens is 2. The summed E-state index contributed by atoms with van der Waals surface area (Å²) in [5, 5.41) is 3.18. The quantitative estimate of drug-likeness (QED) is 0.595. The summed E-state index contributed by atoms with van der Waals surface area (Å²) in [7, 11) is 0. The number of fused-ring (bicyclic) bond motifs is 1. The maximum absolute atomic E-state index is 12.4. The van der Waals surface area contributed by atoms with Crippen molar-refractivity contribution in [3.63, 3.8) is 0 Å². The topological polar surface area (TPSA) is 69.7 Å². The number of nitrogens with one attached hydrogen (secondary N) is 1. The van der Waals surface area contributed by atoms with Crippen molar-refractivity contribution in [2.75, 3.05) is 12.1 Å². The molecule has 1 amide bonds. The van der Waals surface area contributed by atoms with E-state index in [4.69, 9.17) is 37.4 Å². The Balaban J connectivity index is 1.43. The Bertz CT molecular complexity index is 1040. The molecule has 1 N–H and O–H groups in total. The molecule has 4 rings (SSSR count). The van der Waals surface area contributed by atoms with Crippen LogP contribution in [0.15, 0.2) is 54.6 Å². The predicted octanol–water partition coefficient (Wildman–Crippen LogP) is 4.95. The van der Waals surface area contributed by atoms with Crippen molar-refractivity contribution in [3.8, 4) is 17.2 Å². The minimum Gasteiger partial charge on any atom is -0.489 e. The first-order valence-electron chi connectivity index (χ1n) is 8.33. The van der Waals surface area contributed by atoms with Crippen molar-refractivity contribution >= 4 is 34.8 Å². The van der Waals surface area contributed by atoms with Crippen molar-refractivity contribution in [2.45, 2.75) is 6.61 Å². The lowest BCUT2D eigenvalue weighted by Crippen LogP contribution is -2.14. The lowest BCUT2D eigenvalue weighted by molar-refractivity contribution is 0.102. The van der Waals surface area contributed by atoms with Crippen LogP contribution in [0.4, 0.5) is 5.69 Å². The molecule has 0 saturated carbocycles. The SMILES string of the molecule is O=C(Nc1cccc(COc2ccc3c(c2)OCO3)c1)c1nc(Cl)ccc1Cl. The second-order valence-corrected chi connectivity index (χ2v) is 6.72. The molecule has 2 heterocycles. The van der Waals surface area contributed by atoms with E-state index in [1.165, 1.54) is 12.1 Å². The average molecular weight is 417 g/mol. The van der Waals surface area contributed by atoms with Gasteiger partial charge >= 0.3 is 0 Å². The number of pyridine rings is 1. The molecule has 3 aromatic rings. The molecule has 0 unspecified atom stereocenters. The largest absolute Gasteiger partial charge is 0.489 e. The number of ether oxygens (including phenoxy) is 3. The monoisotopic (exact) mass is 416 g/mol. The van der Waals surface area contributed by atoms with Crippen LogP contribution in [0.3, 0.4) is 0 Å². The van der Waals surface area contributed by atoms with E-state index in [0.29, 0.717) is 29.5 Å². The number of hydrogen-bond acceptors (Lipinski definition) is 5. The van der Waals surface area contributed by atoms with Crippen LogP contribution in [0.5, 0.6) is 17.2 Å². The molecule has 0 atom stereocenters. The maximum Gasteiger partial charge on any atom is 0.275 e. The molecule has 0 bridgehead atoms. The highest BCUT2D eigenvalue weighted by atomic mass is 35.5. The molecule has 142 valence electrons. The fourth-order valence-electron chi connectivity index (χ4n) is 2.64. The molecule has 1 aliphatic heterocycles. The first-order chi connectivity index (χ1) is 13.6. The third-order valence-corrected chi connectivity index (χ3v) is 4.48. The van der Waals surface area contributed by atoms with Crippen LogP contribution in [-0.2, 0) is 6.61 Å². The second kappa shape index (κ2) is 7.96. The summed E-state index contributed by atoms with van der Waals surface area (Å²) in [6, 6.07) is 15.7. The van der Waals surface area contributed by atoms with E-state index in [-0.39, 0.29) is 22.7 Å². The van der Waals surface area contributed by atoms with Gasteiger partial charge in [0, 0.05) is 11.8 Å². The highest BCUT2D eigenvalue weighted by Gasteiger charge is 2.15. The summed E-state index contributed by atoms with van der Waals surface area (Å²) in [4.78, 5) is 16.4. The van der Waals surface area contributed by atoms with Crippen molar-refractivity contribution in [2.24, 2.45) is 0 Å². The third kappa shape index (κ3) is 4.13. The molecule has 1 aliphatic rings. The molecule has 0 aliphatic carbocycles. The van der Waals surface area contributed by atoms with Gasteiger partial charge in [0.2, 0.25) is 6.79 Å². The number of aromatic nitrogens is 1. The number of carbonyl (C=O) groups is 1. The van der Waals surface area contributed by atoms with Crippen molar-refractivity contribution in [1.29, 1.82) is 0 Å². The smallest absolute Gasteiger partial charge is 0.275 e. The number of carbonyl (C=O) groups excluding carboxylic acids is 1. The summed E-state index contributed by atoms with van der Waals surface area (Å²) >= 11 is 11.9. The summed E-state index contributed by atoms with van der Waals surface area (Å²) in [6.07, 6.45) is 0. The number of nitrogens with zero attached hydrogens (tertiary/aromatic N) is 1. The number of benzene rings is 2. The Morgan fingerprint density at radius 3 is 2.82 bits per heavy atom. The van der Waals surface area contributed by atoms with Gasteiger partial charge in [0.25, 0.3) is 5.91 Å². The zero-order valence-corrected chi connectivity index (χ0v) is 16.0. The van der Waals surface area contributed by atoms with Gasteiger partial charge in [0.05, 0.1) is 5.02 Å². The van der Waals surface area contributed by atoms with Gasteiger partial charge < -0.3 is 19.5 Å². The normalized spacial score (nSPS) is 11.9. The van der Waals surface area contributed by atoms with E-state index in [1.54, 1.807) is 18.2 Å². The van der Waals surface area contributed by atoms with E-state index >= 15 is 0 Å². The van der Waals surface area contributed by atoms with Crippen molar-refractivity contribution in [3.05, 3.63) is 76.0 Å². The van der Waals surface area contributed by atoms with Crippen LogP contribution in [0.25, 0.3) is 0 Å². The second-order valence-electron chi connectivity index (χ2n) is 5.92. The summed E-state index contributed by atoms with van der Waals surface area (Å²) < 4.78 is 16.4. The summed E-state index contributed by atoms with van der Waals surface area (Å²) in [5.74, 6) is 1.57. The van der Waals surface area contributed by atoms with Crippen LogP contribution >= 0.6 is 23.2 Å². The predicted molar refractivity (Wildman–Crippen MR) is 106 cm³/mol. The maximum atomic E-state index is 12.4. The Hall–Kier alpha value is -2.96. The van der Waals surface area contributed by atoms with Crippen LogP contribution in [-0.4, -0.2) is 17.7 Å². The van der Waals surface area contributed by atoms with Gasteiger partial charge in [-0.05, 0) is 42.0 Å². The highest BCUT2D eigenvalue weighted by molar-refractivity contribution is 6.35. The van der Waals surface area contributed by atoms with Crippen molar-refractivity contribution in [1.82, 2.24) is 4.98 Å². The van der Waals surface area contributed by atoms with Crippen LogP contribution in [0, 0.1) is 0 Å². The molecule has 1 aromatic heterocycles. The van der Waals surface area contributed by atoms with E-state index < -0.39 is 5.91 Å². The summed E-state index contributed by atoms with van der Waals surface area (Å²) in [6.45, 7) is 0.533. The molecule has 8 heteroatoms. The number of anilines is 1. The zero-order valence-electron chi connectivity index (χ0n) is 14.4. The van der Waals surface area contributed by atoms with E-state index in [1.807, 2.05) is 24.3 Å². The first kappa shape index (κ1) is 18.4. The number of amides is 1. The van der Waals surface area contributed by atoms with Gasteiger partial charge in [-0.1, -0.05) is 35.3 Å². The van der Waals surface area contributed by atoms with Gasteiger partial charge in [-0.3, -0.25) is 4.79 Å². The Morgan fingerprint density at radius 1 is 1.07 bits per heavy atom. The minimum atomic E-state index is -0.443. The Morgan fingerprint density at radius 2 is 1.93 bits per heavy atom.